The summed E-state index contributed by atoms with van der Waals surface area (Å²) in [5.74, 6) is -1.22. The Morgan fingerprint density at radius 2 is 1.68 bits per heavy atom. The van der Waals surface area contributed by atoms with Crippen LogP contribution in [0.25, 0.3) is 0 Å². The van der Waals surface area contributed by atoms with Crippen LogP contribution in [0.1, 0.15) is 20.7 Å². The fraction of sp³-hybridized carbons (Fsp3) is 0.118. The largest absolute Gasteiger partial charge is 0.497 e. The number of amides is 2. The smallest absolute Gasteiger partial charge is 0.338 e. The minimum Gasteiger partial charge on any atom is -0.497 e. The molecule has 2 aromatic rings. The first-order valence-corrected chi connectivity index (χ1v) is 7.95. The Labute approximate surface area is 152 Å². The summed E-state index contributed by atoms with van der Waals surface area (Å²) in [6.45, 7) is -0.527. The number of hydrogen-bond acceptors (Lipinski definition) is 5. The van der Waals surface area contributed by atoms with Gasteiger partial charge < -0.3 is 9.47 Å². The Bertz CT molecular complexity index is 777. The van der Waals surface area contributed by atoms with Crippen molar-refractivity contribution in [3.8, 4) is 5.75 Å². The molecule has 25 heavy (non-hydrogen) atoms. The number of carbonyl (C=O) groups is 3. The maximum atomic E-state index is 11.9. The Hall–Kier alpha value is -2.87. The molecule has 2 N–H and O–H groups in total. The Kier molecular flexibility index (Phi) is 6.53. The summed E-state index contributed by atoms with van der Waals surface area (Å²) in [6, 6.07) is 13.0. The lowest BCUT2D eigenvalue weighted by Crippen LogP contribution is -2.43. The molecule has 0 aliphatic carbocycles. The molecule has 0 fully saturated rings. The molecule has 0 heterocycles. The molecule has 7 nitrogen and oxygen atoms in total. The van der Waals surface area contributed by atoms with Gasteiger partial charge in [-0.3, -0.25) is 20.4 Å². The monoisotopic (exact) mass is 406 g/mol. The molecule has 8 heteroatoms. The van der Waals surface area contributed by atoms with Crippen molar-refractivity contribution in [2.45, 2.75) is 0 Å². The molecule has 0 saturated heterocycles. The van der Waals surface area contributed by atoms with Crippen molar-refractivity contribution in [1.29, 1.82) is 0 Å². The second kappa shape index (κ2) is 8.84. The lowest BCUT2D eigenvalue weighted by atomic mass is 10.2. The van der Waals surface area contributed by atoms with Crippen LogP contribution in [-0.4, -0.2) is 31.5 Å². The lowest BCUT2D eigenvalue weighted by molar-refractivity contribution is -0.125. The molecule has 130 valence electrons. The minimum atomic E-state index is -0.665. The van der Waals surface area contributed by atoms with E-state index in [1.54, 1.807) is 36.4 Å². The molecule has 0 unspecified atom stereocenters. The van der Waals surface area contributed by atoms with Crippen molar-refractivity contribution in [1.82, 2.24) is 10.9 Å². The Balaban J connectivity index is 1.79. The number of halogens is 1. The maximum Gasteiger partial charge on any atom is 0.338 e. The molecule has 0 bridgehead atoms. The topological polar surface area (TPSA) is 93.7 Å². The van der Waals surface area contributed by atoms with Crippen molar-refractivity contribution in [3.63, 3.8) is 0 Å². The van der Waals surface area contributed by atoms with E-state index in [0.29, 0.717) is 15.8 Å². The quantitative estimate of drug-likeness (QED) is 0.585. The third kappa shape index (κ3) is 5.32. The number of carbonyl (C=O) groups excluding carboxylic acids is 3. The van der Waals surface area contributed by atoms with Gasteiger partial charge in [0.15, 0.2) is 6.61 Å². The molecule has 2 rings (SSSR count). The van der Waals surface area contributed by atoms with E-state index >= 15 is 0 Å². The van der Waals surface area contributed by atoms with E-state index in [9.17, 15) is 14.4 Å². The predicted molar refractivity (Wildman–Crippen MR) is 93.0 cm³/mol. The zero-order valence-electron chi connectivity index (χ0n) is 13.2. The van der Waals surface area contributed by atoms with Crippen molar-refractivity contribution in [2.24, 2.45) is 0 Å². The minimum absolute atomic E-state index is 0.283. The molecule has 0 atom stereocenters. The first-order valence-electron chi connectivity index (χ1n) is 7.16. The number of nitrogens with one attached hydrogen (secondary N) is 2. The molecule has 0 aliphatic rings. The molecule has 2 aromatic carbocycles. The second-order valence-corrected chi connectivity index (χ2v) is 5.64. The Morgan fingerprint density at radius 3 is 2.32 bits per heavy atom. The standard InChI is InChI=1S/C17H15BrN2O5/c1-24-12-8-6-11(7-9-12)17(23)25-10-15(21)19-20-16(22)13-4-2-3-5-14(13)18/h2-9H,10H2,1H3,(H,19,21)(H,20,22). The average Bonchev–Trinajstić information content (AvgIpc) is 2.64. The van der Waals surface area contributed by atoms with Crippen LogP contribution in [0.3, 0.4) is 0 Å². The number of ether oxygens (including phenoxy) is 2. The predicted octanol–water partition coefficient (Wildman–Crippen LogP) is 2.08. The SMILES string of the molecule is COc1ccc(C(=O)OCC(=O)NNC(=O)c2ccccc2Br)cc1. The summed E-state index contributed by atoms with van der Waals surface area (Å²) in [6.07, 6.45) is 0. The number of benzene rings is 2. The van der Waals surface area contributed by atoms with Gasteiger partial charge in [-0.1, -0.05) is 12.1 Å². The zero-order valence-corrected chi connectivity index (χ0v) is 14.8. The number of methoxy groups -OCH3 is 1. The molecule has 0 spiro atoms. The third-order valence-corrected chi connectivity index (χ3v) is 3.79. The first-order chi connectivity index (χ1) is 12.0. The van der Waals surface area contributed by atoms with Crippen LogP contribution in [0, 0.1) is 0 Å². The van der Waals surface area contributed by atoms with Crippen LogP contribution in [0.5, 0.6) is 5.75 Å². The number of rotatable bonds is 5. The molecular formula is C17H15BrN2O5. The highest BCUT2D eigenvalue weighted by atomic mass is 79.9. The van der Waals surface area contributed by atoms with Gasteiger partial charge in [0.1, 0.15) is 5.75 Å². The summed E-state index contributed by atoms with van der Waals surface area (Å²) in [7, 11) is 1.51. The molecule has 0 radical (unpaired) electrons. The van der Waals surface area contributed by atoms with E-state index in [4.69, 9.17) is 9.47 Å². The second-order valence-electron chi connectivity index (χ2n) is 4.79. The summed E-state index contributed by atoms with van der Waals surface area (Å²) < 4.78 is 10.4. The van der Waals surface area contributed by atoms with Crippen molar-refractivity contribution >= 4 is 33.7 Å². The van der Waals surface area contributed by atoms with E-state index < -0.39 is 24.4 Å². The molecule has 0 aromatic heterocycles. The fourth-order valence-electron chi connectivity index (χ4n) is 1.82. The van der Waals surface area contributed by atoms with Gasteiger partial charge in [-0.15, -0.1) is 0 Å². The molecule has 0 aliphatic heterocycles. The normalized spacial score (nSPS) is 9.84. The lowest BCUT2D eigenvalue weighted by Gasteiger charge is -2.09. The molecule has 0 saturated carbocycles. The zero-order chi connectivity index (χ0) is 18.2. The number of hydrazine groups is 1. The van der Waals surface area contributed by atoms with Gasteiger partial charge >= 0.3 is 5.97 Å². The first kappa shape index (κ1) is 18.5. The van der Waals surface area contributed by atoms with E-state index in [1.807, 2.05) is 0 Å². The van der Waals surface area contributed by atoms with E-state index in [-0.39, 0.29) is 5.56 Å². The summed E-state index contributed by atoms with van der Waals surface area (Å²) >= 11 is 3.24. The maximum absolute atomic E-state index is 11.9. The molecular weight excluding hydrogens is 392 g/mol. The van der Waals surface area contributed by atoms with Crippen molar-refractivity contribution in [2.75, 3.05) is 13.7 Å². The van der Waals surface area contributed by atoms with Crippen LogP contribution >= 0.6 is 15.9 Å². The summed E-state index contributed by atoms with van der Waals surface area (Å²) in [4.78, 5) is 35.4. The Morgan fingerprint density at radius 1 is 1.00 bits per heavy atom. The van der Waals surface area contributed by atoms with Gasteiger partial charge in [0.25, 0.3) is 11.8 Å². The van der Waals surface area contributed by atoms with Crippen molar-refractivity contribution in [3.05, 3.63) is 64.1 Å². The average molecular weight is 407 g/mol. The number of hydrogen-bond donors (Lipinski definition) is 2. The highest BCUT2D eigenvalue weighted by Gasteiger charge is 2.13. The van der Waals surface area contributed by atoms with Crippen LogP contribution < -0.4 is 15.6 Å². The van der Waals surface area contributed by atoms with Gasteiger partial charge in [-0.25, -0.2) is 4.79 Å². The highest BCUT2D eigenvalue weighted by molar-refractivity contribution is 9.10. The number of esters is 1. The third-order valence-electron chi connectivity index (χ3n) is 3.09. The van der Waals surface area contributed by atoms with Crippen LogP contribution in [0.4, 0.5) is 0 Å². The van der Waals surface area contributed by atoms with Crippen molar-refractivity contribution < 1.29 is 23.9 Å². The highest BCUT2D eigenvalue weighted by Crippen LogP contribution is 2.15. The van der Waals surface area contributed by atoms with Gasteiger partial charge in [0, 0.05) is 4.47 Å². The fourth-order valence-corrected chi connectivity index (χ4v) is 2.28. The van der Waals surface area contributed by atoms with Gasteiger partial charge in [0.05, 0.1) is 18.2 Å². The van der Waals surface area contributed by atoms with Crippen LogP contribution in [0.2, 0.25) is 0 Å². The molecule has 2 amide bonds. The van der Waals surface area contributed by atoms with Crippen LogP contribution in [0.15, 0.2) is 53.0 Å². The summed E-state index contributed by atoms with van der Waals surface area (Å²) in [5.41, 5.74) is 5.06. The van der Waals surface area contributed by atoms with Gasteiger partial charge in [0.2, 0.25) is 0 Å². The van der Waals surface area contributed by atoms with Gasteiger partial charge in [-0.2, -0.15) is 0 Å². The van der Waals surface area contributed by atoms with Crippen LogP contribution in [-0.2, 0) is 9.53 Å². The van der Waals surface area contributed by atoms with Gasteiger partial charge in [-0.05, 0) is 52.3 Å². The van der Waals surface area contributed by atoms with E-state index in [0.717, 1.165) is 0 Å². The van der Waals surface area contributed by atoms with E-state index in [2.05, 4.69) is 26.8 Å². The summed E-state index contributed by atoms with van der Waals surface area (Å²) in [5, 5.41) is 0. The van der Waals surface area contributed by atoms with E-state index in [1.165, 1.54) is 19.2 Å².